The van der Waals surface area contributed by atoms with Gasteiger partial charge in [-0.05, 0) is 0 Å². The molecule has 3 heterocycles. The van der Waals surface area contributed by atoms with Gasteiger partial charge in [-0.15, -0.1) is 0 Å². The lowest BCUT2D eigenvalue weighted by Gasteiger charge is -2.28. The molecule has 0 aromatic carbocycles. The molecule has 6 nitrogen and oxygen atoms in total. The predicted molar refractivity (Wildman–Crippen MR) is 69.6 cm³/mol. The van der Waals surface area contributed by atoms with Gasteiger partial charge < -0.3 is 15.2 Å². The number of aliphatic hydroxyl groups excluding tert-OH is 1. The average Bonchev–Trinajstić information content (AvgIpc) is 2.77. The first kappa shape index (κ1) is 13.0. The van der Waals surface area contributed by atoms with Crippen molar-refractivity contribution in [3.8, 4) is 17.1 Å². The van der Waals surface area contributed by atoms with E-state index in [1.165, 1.54) is 0 Å². The molecule has 2 aromatic heterocycles. The Morgan fingerprint density at radius 2 is 2.30 bits per heavy atom. The summed E-state index contributed by atoms with van der Waals surface area (Å²) in [4.78, 5) is 4.06. The number of pyridine rings is 1. The van der Waals surface area contributed by atoms with Crippen molar-refractivity contribution in [2.24, 2.45) is 7.05 Å². The Morgan fingerprint density at radius 3 is 2.95 bits per heavy atom. The molecule has 20 heavy (non-hydrogen) atoms. The van der Waals surface area contributed by atoms with Crippen LogP contribution in [0.4, 0.5) is 4.39 Å². The summed E-state index contributed by atoms with van der Waals surface area (Å²) in [6.45, 7) is 1.28. The molecule has 1 saturated heterocycles. The van der Waals surface area contributed by atoms with Crippen molar-refractivity contribution in [1.29, 1.82) is 0 Å². The van der Waals surface area contributed by atoms with Crippen LogP contribution in [0.5, 0.6) is 5.75 Å². The zero-order valence-corrected chi connectivity index (χ0v) is 11.0. The van der Waals surface area contributed by atoms with Crippen LogP contribution in [0.1, 0.15) is 5.56 Å². The molecule has 0 spiro atoms. The van der Waals surface area contributed by atoms with E-state index < -0.39 is 5.82 Å². The van der Waals surface area contributed by atoms with Gasteiger partial charge in [0.25, 0.3) is 0 Å². The Kier molecular flexibility index (Phi) is 3.37. The number of nitrogens with zero attached hydrogens (tertiary/aromatic N) is 3. The number of nitrogens with one attached hydrogen (secondary N) is 1. The largest absolute Gasteiger partial charge is 0.485 e. The molecule has 2 aromatic rings. The highest BCUT2D eigenvalue weighted by molar-refractivity contribution is 5.60. The number of hydrogen-bond donors (Lipinski definition) is 2. The van der Waals surface area contributed by atoms with Crippen molar-refractivity contribution in [1.82, 2.24) is 20.1 Å². The molecule has 1 aliphatic heterocycles. The van der Waals surface area contributed by atoms with Crippen LogP contribution >= 0.6 is 0 Å². The Labute approximate surface area is 115 Å². The fourth-order valence-electron chi connectivity index (χ4n) is 2.09. The van der Waals surface area contributed by atoms with Gasteiger partial charge in [0.2, 0.25) is 0 Å². The lowest BCUT2D eigenvalue weighted by atomic mass is 10.1. The summed E-state index contributed by atoms with van der Waals surface area (Å²) < 4.78 is 20.9. The molecule has 0 amide bonds. The van der Waals surface area contributed by atoms with Gasteiger partial charge in [-0.3, -0.25) is 9.67 Å². The minimum absolute atomic E-state index is 0.0106. The van der Waals surface area contributed by atoms with Gasteiger partial charge in [-0.1, -0.05) is 0 Å². The average molecular weight is 278 g/mol. The first-order chi connectivity index (χ1) is 9.69. The van der Waals surface area contributed by atoms with Crippen molar-refractivity contribution < 1.29 is 14.2 Å². The van der Waals surface area contributed by atoms with Gasteiger partial charge >= 0.3 is 0 Å². The Hall–Kier alpha value is -1.99. The zero-order chi connectivity index (χ0) is 14.1. The van der Waals surface area contributed by atoms with Crippen LogP contribution in [0, 0.1) is 5.82 Å². The van der Waals surface area contributed by atoms with E-state index in [4.69, 9.17) is 4.74 Å². The first-order valence-electron chi connectivity index (χ1n) is 6.34. The van der Waals surface area contributed by atoms with E-state index in [0.29, 0.717) is 30.0 Å². The summed E-state index contributed by atoms with van der Waals surface area (Å²) >= 11 is 0. The Balaban J connectivity index is 1.97. The number of halogens is 1. The summed E-state index contributed by atoms with van der Waals surface area (Å²) in [5, 5.41) is 16.5. The van der Waals surface area contributed by atoms with E-state index >= 15 is 0 Å². The van der Waals surface area contributed by atoms with Crippen LogP contribution in [0.2, 0.25) is 0 Å². The highest BCUT2D eigenvalue weighted by atomic mass is 19.1. The third-order valence-electron chi connectivity index (χ3n) is 3.29. The molecule has 1 fully saturated rings. The maximum absolute atomic E-state index is 13.7. The summed E-state index contributed by atoms with van der Waals surface area (Å²) in [6, 6.07) is 1.55. The molecule has 0 atom stereocenters. The standard InChI is InChI=1S/C13H15FN4O2/c1-18-13(8(7-19)3-17-18)11-2-12(10(14)6-16-11)20-9-4-15-5-9/h2-3,6,9,15,19H,4-5,7H2,1H3. The summed E-state index contributed by atoms with van der Waals surface area (Å²) in [5.74, 6) is -0.319. The van der Waals surface area contributed by atoms with Crippen LogP contribution in [0.15, 0.2) is 18.5 Å². The molecular formula is C13H15FN4O2. The predicted octanol–water partition coefficient (Wildman–Crippen LogP) is 0.464. The topological polar surface area (TPSA) is 72.2 Å². The second-order valence-electron chi connectivity index (χ2n) is 4.70. The van der Waals surface area contributed by atoms with Crippen molar-refractivity contribution in [3.63, 3.8) is 0 Å². The number of hydrogen-bond acceptors (Lipinski definition) is 5. The normalized spacial score (nSPS) is 15.2. The minimum atomic E-state index is -0.492. The quantitative estimate of drug-likeness (QED) is 0.850. The molecule has 0 aliphatic carbocycles. The van der Waals surface area contributed by atoms with Gasteiger partial charge in [-0.2, -0.15) is 5.10 Å². The van der Waals surface area contributed by atoms with Crippen molar-refractivity contribution in [2.75, 3.05) is 13.1 Å². The van der Waals surface area contributed by atoms with Crippen molar-refractivity contribution in [3.05, 3.63) is 29.8 Å². The summed E-state index contributed by atoms with van der Waals surface area (Å²) in [7, 11) is 1.75. The highest BCUT2D eigenvalue weighted by Crippen LogP contribution is 2.27. The smallest absolute Gasteiger partial charge is 0.183 e. The molecule has 0 saturated carbocycles. The van der Waals surface area contributed by atoms with Gasteiger partial charge in [0, 0.05) is 31.8 Å². The van der Waals surface area contributed by atoms with E-state index in [1.54, 1.807) is 24.0 Å². The van der Waals surface area contributed by atoms with Gasteiger partial charge in [0.15, 0.2) is 11.6 Å². The summed E-state index contributed by atoms with van der Waals surface area (Å²) in [6.07, 6.45) is 2.69. The van der Waals surface area contributed by atoms with E-state index in [2.05, 4.69) is 15.4 Å². The number of rotatable bonds is 4. The molecule has 0 unspecified atom stereocenters. The second-order valence-corrected chi connectivity index (χ2v) is 4.70. The lowest BCUT2D eigenvalue weighted by Crippen LogP contribution is -2.50. The third kappa shape index (κ3) is 2.25. The maximum Gasteiger partial charge on any atom is 0.183 e. The second kappa shape index (κ2) is 5.18. The number of aliphatic hydroxyl groups is 1. The lowest BCUT2D eigenvalue weighted by molar-refractivity contribution is 0.136. The van der Waals surface area contributed by atoms with Crippen LogP contribution in [-0.4, -0.2) is 39.1 Å². The van der Waals surface area contributed by atoms with Gasteiger partial charge in [0.05, 0.1) is 30.4 Å². The van der Waals surface area contributed by atoms with Gasteiger partial charge in [0.1, 0.15) is 6.10 Å². The monoisotopic (exact) mass is 278 g/mol. The van der Waals surface area contributed by atoms with Crippen molar-refractivity contribution in [2.45, 2.75) is 12.7 Å². The Bertz CT molecular complexity index is 625. The van der Waals surface area contributed by atoms with Crippen LogP contribution < -0.4 is 10.1 Å². The molecule has 0 radical (unpaired) electrons. The van der Waals surface area contributed by atoms with Crippen LogP contribution in [0.25, 0.3) is 11.4 Å². The van der Waals surface area contributed by atoms with Crippen molar-refractivity contribution >= 4 is 0 Å². The minimum Gasteiger partial charge on any atom is -0.485 e. The van der Waals surface area contributed by atoms with Crippen LogP contribution in [-0.2, 0) is 13.7 Å². The van der Waals surface area contributed by atoms with Crippen LogP contribution in [0.3, 0.4) is 0 Å². The van der Waals surface area contributed by atoms with E-state index in [0.717, 1.165) is 6.20 Å². The van der Waals surface area contributed by atoms with Gasteiger partial charge in [-0.25, -0.2) is 4.39 Å². The fraction of sp³-hybridized carbons (Fsp3) is 0.385. The molecule has 106 valence electrons. The molecule has 2 N–H and O–H groups in total. The Morgan fingerprint density at radius 1 is 1.50 bits per heavy atom. The third-order valence-corrected chi connectivity index (χ3v) is 3.29. The fourth-order valence-corrected chi connectivity index (χ4v) is 2.09. The van der Waals surface area contributed by atoms with E-state index in [1.807, 2.05) is 0 Å². The molecule has 3 rings (SSSR count). The molecular weight excluding hydrogens is 263 g/mol. The number of aromatic nitrogens is 3. The summed E-state index contributed by atoms with van der Waals surface area (Å²) in [5.41, 5.74) is 1.82. The SMILES string of the molecule is Cn1ncc(CO)c1-c1cc(OC2CNC2)c(F)cn1. The highest BCUT2D eigenvalue weighted by Gasteiger charge is 2.21. The molecule has 0 bridgehead atoms. The first-order valence-corrected chi connectivity index (χ1v) is 6.34. The maximum atomic E-state index is 13.7. The van der Waals surface area contributed by atoms with E-state index in [-0.39, 0.29) is 18.5 Å². The zero-order valence-electron chi connectivity index (χ0n) is 11.0. The number of ether oxygens (including phenoxy) is 1. The number of aryl methyl sites for hydroxylation is 1. The van der Waals surface area contributed by atoms with E-state index in [9.17, 15) is 9.50 Å². The molecule has 1 aliphatic rings. The molecule has 7 heteroatoms.